The van der Waals surface area contributed by atoms with E-state index in [9.17, 15) is 19.2 Å². The Morgan fingerprint density at radius 1 is 0.894 bits per heavy atom. The number of hydrogen-bond donors (Lipinski definition) is 1. The molecule has 0 spiro atoms. The van der Waals surface area contributed by atoms with Gasteiger partial charge in [-0.25, -0.2) is 4.79 Å². The van der Waals surface area contributed by atoms with Crippen molar-refractivity contribution in [2.75, 3.05) is 20.1 Å². The first-order valence-electron chi connectivity index (χ1n) is 17.9. The lowest BCUT2D eigenvalue weighted by atomic mass is 9.89. The second kappa shape index (κ2) is 16.3. The van der Waals surface area contributed by atoms with Crippen molar-refractivity contribution in [1.29, 1.82) is 0 Å². The first-order valence-corrected chi connectivity index (χ1v) is 17.9. The highest BCUT2D eigenvalue weighted by Gasteiger charge is 2.39. The van der Waals surface area contributed by atoms with E-state index in [-0.39, 0.29) is 59.8 Å². The molecule has 2 heterocycles. The van der Waals surface area contributed by atoms with Crippen LogP contribution in [-0.2, 0) is 30.3 Å². The lowest BCUT2D eigenvalue weighted by Crippen LogP contribution is -2.58. The highest BCUT2D eigenvalue weighted by atomic mass is 16.5. The Morgan fingerprint density at radius 3 is 2.28 bits per heavy atom. The van der Waals surface area contributed by atoms with Crippen LogP contribution in [0.5, 0.6) is 0 Å². The average molecular weight is 651 g/mol. The Bertz CT molecular complexity index is 1310. The third kappa shape index (κ3) is 8.64. The van der Waals surface area contributed by atoms with E-state index in [1.165, 1.54) is 5.56 Å². The van der Waals surface area contributed by atoms with Gasteiger partial charge < -0.3 is 19.9 Å². The standard InChI is InChI=1S/C38H58N4O5/c1-24(2)32(40(8)37(45)34(25(3)4)39-35(43)30-18-11-12-21-41(30)26(5)6)23-27(7)36(44)42-22-14-19-31(42)38(46)47-33-20-13-16-28-15-9-10-17-29(28)33/h9-10,15,17,23-26,30-34H,11-14,16,18-22H2,1-8H3,(H,39,43)/b27-23+/t30-,31+,32-,33+,34+/m1/s1. The number of nitrogens with one attached hydrogen (secondary N) is 1. The van der Waals surface area contributed by atoms with Gasteiger partial charge >= 0.3 is 5.97 Å². The van der Waals surface area contributed by atoms with E-state index in [0.29, 0.717) is 18.5 Å². The van der Waals surface area contributed by atoms with Gasteiger partial charge in [0.2, 0.25) is 17.7 Å². The summed E-state index contributed by atoms with van der Waals surface area (Å²) in [7, 11) is 1.75. The van der Waals surface area contributed by atoms with E-state index in [1.54, 1.807) is 23.8 Å². The molecular weight excluding hydrogens is 592 g/mol. The number of benzene rings is 1. The van der Waals surface area contributed by atoms with Crippen molar-refractivity contribution in [2.24, 2.45) is 11.8 Å². The van der Waals surface area contributed by atoms with Gasteiger partial charge in [-0.3, -0.25) is 19.3 Å². The molecule has 9 heteroatoms. The van der Waals surface area contributed by atoms with Crippen molar-refractivity contribution < 1.29 is 23.9 Å². The second-order valence-electron chi connectivity index (χ2n) is 14.8. The molecule has 3 aliphatic rings. The Morgan fingerprint density at radius 2 is 1.60 bits per heavy atom. The number of nitrogens with zero attached hydrogens (tertiary/aromatic N) is 3. The van der Waals surface area contributed by atoms with E-state index in [4.69, 9.17) is 4.74 Å². The molecule has 2 fully saturated rings. The highest BCUT2D eigenvalue weighted by Crippen LogP contribution is 2.34. The number of aryl methyl sites for hydroxylation is 1. The summed E-state index contributed by atoms with van der Waals surface area (Å²) in [4.78, 5) is 60.4. The SMILES string of the molecule is C/C(=C\[C@H](C(C)C)N(C)C(=O)[C@@H](NC(=O)[C@H]1CCCCN1C(C)C)C(C)C)C(=O)N1CCC[C@H]1C(=O)O[C@H]1CCCc2ccccc21. The number of piperidine rings is 1. The molecule has 0 bridgehead atoms. The average Bonchev–Trinajstić information content (AvgIpc) is 3.55. The van der Waals surface area contributed by atoms with E-state index >= 15 is 0 Å². The second-order valence-corrected chi connectivity index (χ2v) is 14.8. The molecule has 260 valence electrons. The van der Waals surface area contributed by atoms with E-state index in [2.05, 4.69) is 30.1 Å². The molecule has 0 unspecified atom stereocenters. The van der Waals surface area contributed by atoms with Gasteiger partial charge in [-0.05, 0) is 95.2 Å². The lowest BCUT2D eigenvalue weighted by molar-refractivity contribution is -0.158. The minimum atomic E-state index is -0.684. The van der Waals surface area contributed by atoms with Crippen molar-refractivity contribution in [3.05, 3.63) is 47.0 Å². The molecule has 0 radical (unpaired) electrons. The number of likely N-dealkylation sites (tertiary alicyclic amines) is 2. The molecule has 47 heavy (non-hydrogen) atoms. The number of amides is 3. The number of fused-ring (bicyclic) bond motifs is 1. The predicted octanol–water partition coefficient (Wildman–Crippen LogP) is 5.43. The topological polar surface area (TPSA) is 99.3 Å². The zero-order valence-electron chi connectivity index (χ0n) is 30.0. The summed E-state index contributed by atoms with van der Waals surface area (Å²) >= 11 is 0. The maximum absolute atomic E-state index is 14.0. The van der Waals surface area contributed by atoms with Gasteiger partial charge in [0.25, 0.3) is 0 Å². The lowest BCUT2D eigenvalue weighted by Gasteiger charge is -2.39. The summed E-state index contributed by atoms with van der Waals surface area (Å²) in [6, 6.07) is 6.45. The van der Waals surface area contributed by atoms with Gasteiger partial charge in [0.05, 0.1) is 12.1 Å². The van der Waals surface area contributed by atoms with E-state index in [0.717, 1.165) is 57.1 Å². The summed E-state index contributed by atoms with van der Waals surface area (Å²) < 4.78 is 6.05. The molecule has 9 nitrogen and oxygen atoms in total. The number of ether oxygens (including phenoxy) is 1. The molecule has 2 saturated heterocycles. The number of likely N-dealkylation sites (N-methyl/N-ethyl adjacent to an activating group) is 1. The fraction of sp³-hybridized carbons (Fsp3) is 0.684. The fourth-order valence-electron chi connectivity index (χ4n) is 7.59. The molecule has 1 N–H and O–H groups in total. The first kappa shape index (κ1) is 36.6. The van der Waals surface area contributed by atoms with Crippen LogP contribution >= 0.6 is 0 Å². The van der Waals surface area contributed by atoms with Gasteiger partial charge in [0.1, 0.15) is 18.2 Å². The van der Waals surface area contributed by atoms with Crippen LogP contribution in [0.1, 0.15) is 111 Å². The summed E-state index contributed by atoms with van der Waals surface area (Å²) in [5.74, 6) is -0.925. The number of carbonyl (C=O) groups excluding carboxylic acids is 4. The maximum Gasteiger partial charge on any atom is 0.329 e. The monoisotopic (exact) mass is 650 g/mol. The summed E-state index contributed by atoms with van der Waals surface area (Å²) in [6.45, 7) is 15.3. The Labute approximate surface area is 282 Å². The third-order valence-electron chi connectivity index (χ3n) is 10.3. The van der Waals surface area contributed by atoms with Crippen LogP contribution in [-0.4, -0.2) is 88.7 Å². The van der Waals surface area contributed by atoms with Crippen LogP contribution in [0.2, 0.25) is 0 Å². The smallest absolute Gasteiger partial charge is 0.329 e. The molecule has 1 aliphatic carbocycles. The molecule has 3 amide bonds. The van der Waals surface area contributed by atoms with Crippen LogP contribution in [0.25, 0.3) is 0 Å². The summed E-state index contributed by atoms with van der Waals surface area (Å²) in [5.41, 5.74) is 2.78. The zero-order valence-corrected chi connectivity index (χ0v) is 30.0. The number of rotatable bonds is 11. The van der Waals surface area contributed by atoms with Crippen LogP contribution in [0, 0.1) is 11.8 Å². The predicted molar refractivity (Wildman–Crippen MR) is 184 cm³/mol. The maximum atomic E-state index is 14.0. The van der Waals surface area contributed by atoms with Gasteiger partial charge in [0.15, 0.2) is 0 Å². The fourth-order valence-corrected chi connectivity index (χ4v) is 7.59. The van der Waals surface area contributed by atoms with Crippen LogP contribution in [0.3, 0.4) is 0 Å². The molecule has 2 aliphatic heterocycles. The third-order valence-corrected chi connectivity index (χ3v) is 10.3. The van der Waals surface area contributed by atoms with Crippen molar-refractivity contribution in [3.8, 4) is 0 Å². The minimum absolute atomic E-state index is 0.00991. The Kier molecular flexibility index (Phi) is 12.7. The van der Waals surface area contributed by atoms with E-state index in [1.807, 2.05) is 52.0 Å². The van der Waals surface area contributed by atoms with E-state index < -0.39 is 12.1 Å². The number of hydrogen-bond acceptors (Lipinski definition) is 6. The molecule has 1 aromatic rings. The number of carbonyl (C=O) groups is 4. The van der Waals surface area contributed by atoms with Crippen LogP contribution in [0.4, 0.5) is 0 Å². The quantitative estimate of drug-likeness (QED) is 0.253. The summed E-state index contributed by atoms with van der Waals surface area (Å²) in [6.07, 6.45) is 8.47. The summed E-state index contributed by atoms with van der Waals surface area (Å²) in [5, 5.41) is 3.11. The molecule has 0 saturated carbocycles. The molecule has 4 rings (SSSR count). The highest BCUT2D eigenvalue weighted by molar-refractivity contribution is 5.96. The van der Waals surface area contributed by atoms with Crippen LogP contribution < -0.4 is 5.32 Å². The molecule has 5 atom stereocenters. The van der Waals surface area contributed by atoms with Crippen molar-refractivity contribution >= 4 is 23.7 Å². The van der Waals surface area contributed by atoms with Crippen molar-refractivity contribution in [2.45, 2.75) is 136 Å². The van der Waals surface area contributed by atoms with Crippen molar-refractivity contribution in [3.63, 3.8) is 0 Å². The Hall–Kier alpha value is -3.20. The number of esters is 1. The zero-order chi connectivity index (χ0) is 34.4. The van der Waals surface area contributed by atoms with Crippen molar-refractivity contribution in [1.82, 2.24) is 20.0 Å². The van der Waals surface area contributed by atoms with Gasteiger partial charge in [-0.1, -0.05) is 64.5 Å². The van der Waals surface area contributed by atoms with Gasteiger partial charge in [0, 0.05) is 25.2 Å². The van der Waals surface area contributed by atoms with Gasteiger partial charge in [-0.15, -0.1) is 0 Å². The van der Waals surface area contributed by atoms with Crippen LogP contribution in [0.15, 0.2) is 35.9 Å². The first-order chi connectivity index (χ1) is 22.3. The largest absolute Gasteiger partial charge is 0.456 e. The molecule has 0 aromatic heterocycles. The minimum Gasteiger partial charge on any atom is -0.456 e. The molecule has 1 aromatic carbocycles. The molecular formula is C38H58N4O5. The van der Waals surface area contributed by atoms with Gasteiger partial charge in [-0.2, -0.15) is 0 Å². The normalized spacial score (nSPS) is 23.4. The Balaban J connectivity index is 1.45.